The van der Waals surface area contributed by atoms with E-state index in [1.807, 2.05) is 18.9 Å². The number of esters is 1. The first-order valence-corrected chi connectivity index (χ1v) is 13.0. The number of Topliss-reactive ketones (excluding diaryl/α,β-unsaturated/α-hetero) is 1. The first-order chi connectivity index (χ1) is 16.1. The van der Waals surface area contributed by atoms with Gasteiger partial charge in [-0.3, -0.25) is 24.2 Å². The summed E-state index contributed by atoms with van der Waals surface area (Å²) in [6.07, 6.45) is 6.74. The van der Waals surface area contributed by atoms with E-state index in [4.69, 9.17) is 9.47 Å². The molecule has 1 unspecified atom stereocenters. The number of amides is 1. The molecule has 2 aliphatic heterocycles. The van der Waals surface area contributed by atoms with Crippen molar-refractivity contribution in [1.29, 1.82) is 0 Å². The summed E-state index contributed by atoms with van der Waals surface area (Å²) in [6.45, 7) is 7.56. The molecule has 2 saturated heterocycles. The number of likely N-dealkylation sites (N-methyl/N-ethyl adjacent to an activating group) is 2. The Morgan fingerprint density at radius 1 is 1.15 bits per heavy atom. The van der Waals surface area contributed by atoms with Crippen molar-refractivity contribution in [2.24, 2.45) is 11.8 Å². The molecule has 8 nitrogen and oxygen atoms in total. The molecule has 0 N–H and O–H groups in total. The van der Waals surface area contributed by atoms with Gasteiger partial charge in [0.25, 0.3) is 0 Å². The van der Waals surface area contributed by atoms with E-state index in [0.717, 1.165) is 44.7 Å². The van der Waals surface area contributed by atoms with Gasteiger partial charge in [-0.1, -0.05) is 0 Å². The highest BCUT2D eigenvalue weighted by Gasteiger charge is 2.42. The molecule has 1 saturated carbocycles. The van der Waals surface area contributed by atoms with E-state index in [-0.39, 0.29) is 29.4 Å². The summed E-state index contributed by atoms with van der Waals surface area (Å²) < 4.78 is 11.5. The Labute approximate surface area is 205 Å². The number of ketones is 1. The highest BCUT2D eigenvalue weighted by Crippen LogP contribution is 2.32. The molecular weight excluding hydrogens is 434 g/mol. The fraction of sp³-hybridized carbons (Fsp3) is 0.885. The Bertz CT molecular complexity index is 732. The van der Waals surface area contributed by atoms with Crippen molar-refractivity contribution in [2.75, 3.05) is 60.5 Å². The second-order valence-corrected chi connectivity index (χ2v) is 11.2. The Kier molecular flexibility index (Phi) is 9.15. The van der Waals surface area contributed by atoms with Gasteiger partial charge in [0.2, 0.25) is 5.91 Å². The number of ether oxygens (including phenoxy) is 2. The number of hydrogen-bond acceptors (Lipinski definition) is 7. The molecule has 1 spiro atoms. The number of hydrogen-bond donors (Lipinski definition) is 0. The van der Waals surface area contributed by atoms with Crippen molar-refractivity contribution in [3.63, 3.8) is 0 Å². The normalized spacial score (nSPS) is 29.9. The molecule has 1 aliphatic carbocycles. The zero-order valence-electron chi connectivity index (χ0n) is 21.9. The SMILES string of the molecule is CO[C@]1(C)CCCN(C)C2(CCN(C(=O)CN(C)CC3CC3)CC2)COC(=O)C(C)C(=O)CC1. The third-order valence-electron chi connectivity index (χ3n) is 8.44. The van der Waals surface area contributed by atoms with Crippen LogP contribution in [0.1, 0.15) is 65.2 Å². The van der Waals surface area contributed by atoms with E-state index in [1.165, 1.54) is 12.8 Å². The second kappa shape index (κ2) is 11.5. The zero-order valence-corrected chi connectivity index (χ0v) is 21.9. The summed E-state index contributed by atoms with van der Waals surface area (Å²) in [5.41, 5.74) is -0.712. The number of carbonyl (C=O) groups excluding carboxylic acids is 3. The van der Waals surface area contributed by atoms with E-state index in [2.05, 4.69) is 16.8 Å². The number of cyclic esters (lactones) is 1. The molecule has 34 heavy (non-hydrogen) atoms. The summed E-state index contributed by atoms with van der Waals surface area (Å²) in [4.78, 5) is 44.6. The standard InChI is InChI=1S/C26H45N3O5/c1-20-22(30)9-11-25(2,33-5)10-6-14-28(4)26(19-34-24(20)32)12-15-29(16-13-26)23(31)18-27(3)17-21-7-8-21/h20-21H,6-19H2,1-5H3/t20?,25-/m1/s1. The lowest BCUT2D eigenvalue weighted by atomic mass is 9.86. The summed E-state index contributed by atoms with van der Waals surface area (Å²) in [7, 11) is 5.81. The number of nitrogens with zero attached hydrogens (tertiary/aromatic N) is 3. The Hall–Kier alpha value is -1.51. The average Bonchev–Trinajstić information content (AvgIpc) is 3.63. The quantitative estimate of drug-likeness (QED) is 0.442. The highest BCUT2D eigenvalue weighted by molar-refractivity contribution is 5.98. The zero-order chi connectivity index (χ0) is 24.9. The van der Waals surface area contributed by atoms with E-state index in [0.29, 0.717) is 32.5 Å². The Morgan fingerprint density at radius 3 is 2.44 bits per heavy atom. The summed E-state index contributed by atoms with van der Waals surface area (Å²) >= 11 is 0. The van der Waals surface area contributed by atoms with E-state index in [1.54, 1.807) is 14.0 Å². The Balaban J connectivity index is 1.65. The van der Waals surface area contributed by atoms with Gasteiger partial charge in [-0.05, 0) is 85.4 Å². The van der Waals surface area contributed by atoms with Gasteiger partial charge >= 0.3 is 5.97 Å². The number of methoxy groups -OCH3 is 1. The van der Waals surface area contributed by atoms with Gasteiger partial charge < -0.3 is 14.4 Å². The van der Waals surface area contributed by atoms with Gasteiger partial charge in [-0.2, -0.15) is 0 Å². The molecule has 0 aromatic heterocycles. The maximum atomic E-state index is 12.9. The van der Waals surface area contributed by atoms with Crippen LogP contribution < -0.4 is 0 Å². The van der Waals surface area contributed by atoms with Crippen LogP contribution in [0.15, 0.2) is 0 Å². The molecule has 0 radical (unpaired) electrons. The van der Waals surface area contributed by atoms with E-state index >= 15 is 0 Å². The van der Waals surface area contributed by atoms with Crippen molar-refractivity contribution < 1.29 is 23.9 Å². The minimum atomic E-state index is -0.770. The molecule has 8 heteroatoms. The fourth-order valence-corrected chi connectivity index (χ4v) is 5.27. The average molecular weight is 480 g/mol. The van der Waals surface area contributed by atoms with Crippen molar-refractivity contribution in [1.82, 2.24) is 14.7 Å². The largest absolute Gasteiger partial charge is 0.463 e. The Morgan fingerprint density at radius 2 is 1.82 bits per heavy atom. The molecule has 0 aromatic carbocycles. The summed E-state index contributed by atoms with van der Waals surface area (Å²) in [5.74, 6) is -0.368. The van der Waals surface area contributed by atoms with Crippen molar-refractivity contribution in [2.45, 2.75) is 76.4 Å². The van der Waals surface area contributed by atoms with Gasteiger partial charge in [0.15, 0.2) is 0 Å². The van der Waals surface area contributed by atoms with Gasteiger partial charge in [0, 0.05) is 33.2 Å². The van der Waals surface area contributed by atoms with Crippen LogP contribution in [-0.2, 0) is 23.9 Å². The van der Waals surface area contributed by atoms with Crippen molar-refractivity contribution >= 4 is 17.7 Å². The van der Waals surface area contributed by atoms with Crippen LogP contribution in [0.4, 0.5) is 0 Å². The molecular formula is C26H45N3O5. The van der Waals surface area contributed by atoms with Crippen LogP contribution in [0, 0.1) is 11.8 Å². The smallest absolute Gasteiger partial charge is 0.316 e. The molecule has 2 atom stereocenters. The van der Waals surface area contributed by atoms with Crippen LogP contribution >= 0.6 is 0 Å². The molecule has 3 rings (SSSR count). The first kappa shape index (κ1) is 27.1. The van der Waals surface area contributed by atoms with Crippen LogP contribution in [-0.4, -0.2) is 104 Å². The lowest BCUT2D eigenvalue weighted by Crippen LogP contribution is -2.58. The van der Waals surface area contributed by atoms with Crippen LogP contribution in [0.2, 0.25) is 0 Å². The minimum Gasteiger partial charge on any atom is -0.463 e. The molecule has 3 aliphatic rings. The topological polar surface area (TPSA) is 79.4 Å². The molecule has 0 aromatic rings. The third kappa shape index (κ3) is 7.01. The second-order valence-electron chi connectivity index (χ2n) is 11.2. The van der Waals surface area contributed by atoms with Gasteiger partial charge in [-0.15, -0.1) is 0 Å². The minimum absolute atomic E-state index is 0.0920. The van der Waals surface area contributed by atoms with Crippen LogP contribution in [0.3, 0.4) is 0 Å². The van der Waals surface area contributed by atoms with Crippen molar-refractivity contribution in [3.8, 4) is 0 Å². The van der Waals surface area contributed by atoms with Gasteiger partial charge in [0.05, 0.1) is 17.7 Å². The predicted octanol–water partition coefficient (Wildman–Crippen LogP) is 2.35. The van der Waals surface area contributed by atoms with Crippen LogP contribution in [0.25, 0.3) is 0 Å². The van der Waals surface area contributed by atoms with E-state index < -0.39 is 11.9 Å². The van der Waals surface area contributed by atoms with Gasteiger partial charge in [0.1, 0.15) is 18.3 Å². The monoisotopic (exact) mass is 479 g/mol. The number of carbonyl (C=O) groups is 3. The molecule has 2 heterocycles. The fourth-order valence-electron chi connectivity index (χ4n) is 5.27. The lowest BCUT2D eigenvalue weighted by Gasteiger charge is -2.47. The van der Waals surface area contributed by atoms with Crippen molar-refractivity contribution in [3.05, 3.63) is 0 Å². The van der Waals surface area contributed by atoms with Gasteiger partial charge in [-0.25, -0.2) is 0 Å². The molecule has 0 bridgehead atoms. The van der Waals surface area contributed by atoms with Crippen LogP contribution in [0.5, 0.6) is 0 Å². The number of likely N-dealkylation sites (tertiary alicyclic amines) is 1. The summed E-state index contributed by atoms with van der Waals surface area (Å²) in [5, 5.41) is 0. The molecule has 194 valence electrons. The van der Waals surface area contributed by atoms with E-state index in [9.17, 15) is 14.4 Å². The first-order valence-electron chi connectivity index (χ1n) is 13.0. The summed E-state index contributed by atoms with van der Waals surface area (Å²) in [6, 6.07) is 0. The molecule has 3 fully saturated rings. The predicted molar refractivity (Wildman–Crippen MR) is 130 cm³/mol. The lowest BCUT2D eigenvalue weighted by molar-refractivity contribution is -0.157. The number of piperidine rings is 1. The maximum Gasteiger partial charge on any atom is 0.316 e. The molecule has 1 amide bonds. The third-order valence-corrected chi connectivity index (χ3v) is 8.44. The number of rotatable bonds is 5. The highest BCUT2D eigenvalue weighted by atomic mass is 16.5. The maximum absolute atomic E-state index is 12.9.